The zero-order valence-electron chi connectivity index (χ0n) is 18.2. The Balaban J connectivity index is 3.03. The summed E-state index contributed by atoms with van der Waals surface area (Å²) in [5, 5.41) is 18.7. The summed E-state index contributed by atoms with van der Waals surface area (Å²) in [5.41, 5.74) is 0. The van der Waals surface area contributed by atoms with E-state index in [0.717, 1.165) is 12.8 Å². The quantitative estimate of drug-likeness (QED) is 0.205. The first-order valence-corrected chi connectivity index (χ1v) is 12.0. The highest BCUT2D eigenvalue weighted by Crippen LogP contribution is 2.15. The SMILES string of the molecule is CCCCCCCCCCCCCCCCCCCCC[C@H](O)[C@H](C)O. The summed E-state index contributed by atoms with van der Waals surface area (Å²) in [4.78, 5) is 0. The summed E-state index contributed by atoms with van der Waals surface area (Å²) < 4.78 is 0. The average molecular weight is 371 g/mol. The van der Waals surface area contributed by atoms with E-state index in [4.69, 9.17) is 0 Å². The van der Waals surface area contributed by atoms with Crippen LogP contribution in [0.1, 0.15) is 142 Å². The highest BCUT2D eigenvalue weighted by molar-refractivity contribution is 4.61. The van der Waals surface area contributed by atoms with E-state index in [1.807, 2.05) is 0 Å². The van der Waals surface area contributed by atoms with Crippen molar-refractivity contribution in [3.05, 3.63) is 0 Å². The Hall–Kier alpha value is -0.0800. The van der Waals surface area contributed by atoms with E-state index in [-0.39, 0.29) is 0 Å². The summed E-state index contributed by atoms with van der Waals surface area (Å²) >= 11 is 0. The molecular formula is C24H50O2. The smallest absolute Gasteiger partial charge is 0.0796 e. The molecule has 0 aromatic carbocycles. The number of rotatable bonds is 21. The van der Waals surface area contributed by atoms with Crippen molar-refractivity contribution in [2.45, 2.75) is 154 Å². The van der Waals surface area contributed by atoms with E-state index < -0.39 is 12.2 Å². The summed E-state index contributed by atoms with van der Waals surface area (Å²) in [7, 11) is 0. The lowest BCUT2D eigenvalue weighted by molar-refractivity contribution is 0.0247. The van der Waals surface area contributed by atoms with Crippen molar-refractivity contribution in [1.82, 2.24) is 0 Å². The van der Waals surface area contributed by atoms with Gasteiger partial charge in [-0.2, -0.15) is 0 Å². The minimum absolute atomic E-state index is 0.527. The molecule has 2 N–H and O–H groups in total. The highest BCUT2D eigenvalue weighted by atomic mass is 16.3. The molecule has 26 heavy (non-hydrogen) atoms. The number of aliphatic hydroxyl groups excluding tert-OH is 2. The largest absolute Gasteiger partial charge is 0.391 e. The van der Waals surface area contributed by atoms with E-state index in [1.165, 1.54) is 116 Å². The van der Waals surface area contributed by atoms with Gasteiger partial charge in [0.2, 0.25) is 0 Å². The second-order valence-corrected chi connectivity index (χ2v) is 8.46. The number of aliphatic hydroxyl groups is 2. The van der Waals surface area contributed by atoms with Crippen LogP contribution in [0.3, 0.4) is 0 Å². The van der Waals surface area contributed by atoms with Gasteiger partial charge in [-0.15, -0.1) is 0 Å². The molecule has 0 spiro atoms. The van der Waals surface area contributed by atoms with Gasteiger partial charge in [0.05, 0.1) is 12.2 Å². The third kappa shape index (κ3) is 20.2. The fraction of sp³-hybridized carbons (Fsp3) is 1.00. The first-order valence-electron chi connectivity index (χ1n) is 12.0. The Labute approximate surface area is 165 Å². The molecule has 2 nitrogen and oxygen atoms in total. The zero-order chi connectivity index (χ0) is 19.3. The van der Waals surface area contributed by atoms with Gasteiger partial charge in [-0.3, -0.25) is 0 Å². The van der Waals surface area contributed by atoms with Crippen LogP contribution < -0.4 is 0 Å². The molecule has 0 heterocycles. The molecule has 0 saturated heterocycles. The Morgan fingerprint density at radius 1 is 0.462 bits per heavy atom. The molecule has 158 valence electrons. The molecule has 0 aliphatic carbocycles. The predicted octanol–water partition coefficient (Wildman–Crippen LogP) is 7.55. The molecule has 0 fully saturated rings. The number of hydrogen-bond donors (Lipinski definition) is 2. The van der Waals surface area contributed by atoms with Gasteiger partial charge >= 0.3 is 0 Å². The van der Waals surface area contributed by atoms with Crippen molar-refractivity contribution < 1.29 is 10.2 Å². The van der Waals surface area contributed by atoms with Gasteiger partial charge in [0.1, 0.15) is 0 Å². The zero-order valence-corrected chi connectivity index (χ0v) is 18.2. The standard InChI is InChI=1S/C24H50O2/c1-3-4-5-6-7-8-9-10-11-12-13-14-15-16-17-18-19-20-21-22-24(26)23(2)25/h23-26H,3-22H2,1-2H3/t23-,24-/m0/s1. The van der Waals surface area contributed by atoms with Crippen molar-refractivity contribution in [3.8, 4) is 0 Å². The van der Waals surface area contributed by atoms with Gasteiger partial charge < -0.3 is 10.2 Å². The molecule has 0 radical (unpaired) electrons. The first-order chi connectivity index (χ1) is 12.7. The molecular weight excluding hydrogens is 320 g/mol. The first kappa shape index (κ1) is 25.9. The van der Waals surface area contributed by atoms with Crippen LogP contribution in [0, 0.1) is 0 Å². The van der Waals surface area contributed by atoms with Crippen LogP contribution in [0.5, 0.6) is 0 Å². The minimum Gasteiger partial charge on any atom is -0.391 e. The van der Waals surface area contributed by atoms with E-state index in [9.17, 15) is 10.2 Å². The van der Waals surface area contributed by atoms with Gasteiger partial charge in [-0.25, -0.2) is 0 Å². The molecule has 0 saturated carbocycles. The lowest BCUT2D eigenvalue weighted by Gasteiger charge is -2.12. The van der Waals surface area contributed by atoms with Gasteiger partial charge in [0.15, 0.2) is 0 Å². The van der Waals surface area contributed by atoms with Gasteiger partial charge in [-0.05, 0) is 13.3 Å². The predicted molar refractivity (Wildman–Crippen MR) is 116 cm³/mol. The molecule has 0 unspecified atom stereocenters. The monoisotopic (exact) mass is 370 g/mol. The van der Waals surface area contributed by atoms with Crippen LogP contribution in [0.25, 0.3) is 0 Å². The molecule has 2 atom stereocenters. The van der Waals surface area contributed by atoms with Crippen molar-refractivity contribution >= 4 is 0 Å². The van der Waals surface area contributed by atoms with Crippen LogP contribution in [0.15, 0.2) is 0 Å². The van der Waals surface area contributed by atoms with Crippen LogP contribution in [0.2, 0.25) is 0 Å². The maximum Gasteiger partial charge on any atom is 0.0796 e. The summed E-state index contributed by atoms with van der Waals surface area (Å²) in [6.45, 7) is 3.95. The van der Waals surface area contributed by atoms with Crippen LogP contribution >= 0.6 is 0 Å². The van der Waals surface area contributed by atoms with Crippen LogP contribution in [0.4, 0.5) is 0 Å². The van der Waals surface area contributed by atoms with Crippen molar-refractivity contribution in [1.29, 1.82) is 0 Å². The fourth-order valence-corrected chi connectivity index (χ4v) is 3.67. The van der Waals surface area contributed by atoms with Crippen molar-refractivity contribution in [3.63, 3.8) is 0 Å². The minimum atomic E-state index is -0.578. The van der Waals surface area contributed by atoms with Crippen molar-refractivity contribution in [2.75, 3.05) is 0 Å². The third-order valence-electron chi connectivity index (χ3n) is 5.66. The number of unbranched alkanes of at least 4 members (excludes halogenated alkanes) is 18. The molecule has 0 aliphatic rings. The lowest BCUT2D eigenvalue weighted by atomic mass is 10.0. The second kappa shape index (κ2) is 21.2. The Bertz CT molecular complexity index is 253. The lowest BCUT2D eigenvalue weighted by Crippen LogP contribution is -2.21. The highest BCUT2D eigenvalue weighted by Gasteiger charge is 2.09. The van der Waals surface area contributed by atoms with E-state index >= 15 is 0 Å². The Kier molecular flexibility index (Phi) is 21.2. The van der Waals surface area contributed by atoms with Crippen molar-refractivity contribution in [2.24, 2.45) is 0 Å². The fourth-order valence-electron chi connectivity index (χ4n) is 3.67. The Morgan fingerprint density at radius 2 is 0.731 bits per heavy atom. The average Bonchev–Trinajstić information content (AvgIpc) is 2.63. The van der Waals surface area contributed by atoms with Gasteiger partial charge in [0.25, 0.3) is 0 Å². The number of hydrogen-bond acceptors (Lipinski definition) is 2. The molecule has 0 rings (SSSR count). The van der Waals surface area contributed by atoms with Gasteiger partial charge in [-0.1, -0.05) is 129 Å². The molecule has 2 heteroatoms. The second-order valence-electron chi connectivity index (χ2n) is 8.46. The third-order valence-corrected chi connectivity index (χ3v) is 5.66. The molecule has 0 bridgehead atoms. The topological polar surface area (TPSA) is 40.5 Å². The van der Waals surface area contributed by atoms with Crippen LogP contribution in [-0.2, 0) is 0 Å². The van der Waals surface area contributed by atoms with Crippen LogP contribution in [-0.4, -0.2) is 22.4 Å². The van der Waals surface area contributed by atoms with E-state index in [0.29, 0.717) is 0 Å². The summed E-state index contributed by atoms with van der Waals surface area (Å²) in [6, 6.07) is 0. The Morgan fingerprint density at radius 3 is 1.00 bits per heavy atom. The summed E-state index contributed by atoms with van der Waals surface area (Å²) in [5.74, 6) is 0. The van der Waals surface area contributed by atoms with Gasteiger partial charge in [0, 0.05) is 0 Å². The van der Waals surface area contributed by atoms with E-state index in [1.54, 1.807) is 6.92 Å². The molecule has 0 aromatic rings. The van der Waals surface area contributed by atoms with E-state index in [2.05, 4.69) is 6.92 Å². The maximum absolute atomic E-state index is 9.52. The summed E-state index contributed by atoms with van der Waals surface area (Å²) in [6.07, 6.45) is 26.0. The maximum atomic E-state index is 9.52. The molecule has 0 aliphatic heterocycles. The molecule has 0 amide bonds. The normalized spacial score (nSPS) is 13.8. The molecule has 0 aromatic heterocycles.